The molecule has 29 heavy (non-hydrogen) atoms. The van der Waals surface area contributed by atoms with E-state index in [-0.39, 0.29) is 17.1 Å². The Morgan fingerprint density at radius 1 is 1.07 bits per heavy atom. The molecule has 0 aliphatic rings. The molecule has 0 saturated carbocycles. The standard InChI is InChI=1S/C18H14F3N3O4S/c19-18(20,21)15-3-1-2-4-16(15)29(26,27)14-7-5-12(6-8-14)24-17(25)23-10-13-9-22-11-28-13/h1-9,11H,10H2,(H2,23,24,25). The van der Waals surface area contributed by atoms with Crippen molar-refractivity contribution in [3.8, 4) is 0 Å². The van der Waals surface area contributed by atoms with Gasteiger partial charge in [-0.1, -0.05) is 12.1 Å². The molecule has 152 valence electrons. The molecule has 1 heterocycles. The second-order valence-electron chi connectivity index (χ2n) is 5.80. The summed E-state index contributed by atoms with van der Waals surface area (Å²) in [6.07, 6.45) is -2.17. The summed E-state index contributed by atoms with van der Waals surface area (Å²) in [5, 5.41) is 4.97. The number of oxazole rings is 1. The van der Waals surface area contributed by atoms with Crippen LogP contribution in [0.4, 0.5) is 23.7 Å². The molecule has 7 nitrogen and oxygen atoms in total. The van der Waals surface area contributed by atoms with Crippen molar-refractivity contribution in [3.05, 3.63) is 72.4 Å². The van der Waals surface area contributed by atoms with Gasteiger partial charge in [0.1, 0.15) is 5.76 Å². The van der Waals surface area contributed by atoms with Crippen LogP contribution in [0.5, 0.6) is 0 Å². The number of carbonyl (C=O) groups is 1. The van der Waals surface area contributed by atoms with Crippen molar-refractivity contribution >= 4 is 21.6 Å². The summed E-state index contributed by atoms with van der Waals surface area (Å²) in [6.45, 7) is 0.0898. The molecule has 0 bridgehead atoms. The zero-order valence-corrected chi connectivity index (χ0v) is 15.4. The summed E-state index contributed by atoms with van der Waals surface area (Å²) in [4.78, 5) is 14.4. The highest BCUT2D eigenvalue weighted by atomic mass is 32.2. The number of hydrogen-bond acceptors (Lipinski definition) is 5. The Labute approximate surface area is 163 Å². The molecule has 3 aromatic rings. The van der Waals surface area contributed by atoms with E-state index in [1.807, 2.05) is 0 Å². The van der Waals surface area contributed by atoms with E-state index < -0.39 is 32.5 Å². The van der Waals surface area contributed by atoms with E-state index in [1.165, 1.54) is 30.8 Å². The van der Waals surface area contributed by atoms with Gasteiger partial charge in [0.25, 0.3) is 0 Å². The molecule has 0 aliphatic carbocycles. The summed E-state index contributed by atoms with van der Waals surface area (Å²) in [5.74, 6) is 0.435. The maximum Gasteiger partial charge on any atom is 0.417 e. The predicted molar refractivity (Wildman–Crippen MR) is 95.7 cm³/mol. The summed E-state index contributed by atoms with van der Waals surface area (Å²) < 4.78 is 69.7. The summed E-state index contributed by atoms with van der Waals surface area (Å²) in [7, 11) is -4.41. The van der Waals surface area contributed by atoms with E-state index in [2.05, 4.69) is 15.6 Å². The molecule has 1 aromatic heterocycles. The van der Waals surface area contributed by atoms with Gasteiger partial charge in [0, 0.05) is 5.69 Å². The maximum absolute atomic E-state index is 13.1. The second-order valence-corrected chi connectivity index (χ2v) is 7.72. The van der Waals surface area contributed by atoms with Gasteiger partial charge in [0.2, 0.25) is 9.84 Å². The van der Waals surface area contributed by atoms with Crippen LogP contribution in [0.1, 0.15) is 11.3 Å². The molecule has 2 amide bonds. The topological polar surface area (TPSA) is 101 Å². The Kier molecular flexibility index (Phi) is 5.59. The van der Waals surface area contributed by atoms with Crippen LogP contribution < -0.4 is 10.6 Å². The fourth-order valence-corrected chi connectivity index (χ4v) is 3.93. The number of urea groups is 1. The van der Waals surface area contributed by atoms with E-state index in [1.54, 1.807) is 0 Å². The van der Waals surface area contributed by atoms with Gasteiger partial charge in [-0.05, 0) is 36.4 Å². The summed E-state index contributed by atoms with van der Waals surface area (Å²) >= 11 is 0. The number of halogens is 3. The Morgan fingerprint density at radius 3 is 2.38 bits per heavy atom. The van der Waals surface area contributed by atoms with Crippen LogP contribution >= 0.6 is 0 Å². The molecule has 0 aliphatic heterocycles. The van der Waals surface area contributed by atoms with Crippen molar-refractivity contribution in [2.24, 2.45) is 0 Å². The smallest absolute Gasteiger partial charge is 0.417 e. The molecule has 2 N–H and O–H groups in total. The highest BCUT2D eigenvalue weighted by Crippen LogP contribution is 2.36. The van der Waals surface area contributed by atoms with Gasteiger partial charge in [-0.3, -0.25) is 0 Å². The fraction of sp³-hybridized carbons (Fsp3) is 0.111. The minimum atomic E-state index is -4.81. The Hall–Kier alpha value is -3.34. The lowest BCUT2D eigenvalue weighted by Crippen LogP contribution is -2.28. The lowest BCUT2D eigenvalue weighted by atomic mass is 10.2. The van der Waals surface area contributed by atoms with Gasteiger partial charge in [0.05, 0.1) is 28.1 Å². The molecule has 0 radical (unpaired) electrons. The van der Waals surface area contributed by atoms with Crippen LogP contribution in [-0.2, 0) is 22.6 Å². The first-order valence-electron chi connectivity index (χ1n) is 8.11. The number of amides is 2. The molecule has 2 aromatic carbocycles. The minimum Gasteiger partial charge on any atom is -0.447 e. The third-order valence-electron chi connectivity index (χ3n) is 3.81. The van der Waals surface area contributed by atoms with Gasteiger partial charge < -0.3 is 15.1 Å². The van der Waals surface area contributed by atoms with Crippen LogP contribution in [-0.4, -0.2) is 19.4 Å². The van der Waals surface area contributed by atoms with Crippen LogP contribution in [0, 0.1) is 0 Å². The third kappa shape index (κ3) is 4.74. The first kappa shape index (κ1) is 20.4. The fourth-order valence-electron chi connectivity index (χ4n) is 2.45. The molecule has 0 spiro atoms. The number of nitrogens with zero attached hydrogens (tertiary/aromatic N) is 1. The minimum absolute atomic E-state index is 0.0898. The molecule has 3 rings (SSSR count). The van der Waals surface area contributed by atoms with E-state index in [9.17, 15) is 26.4 Å². The summed E-state index contributed by atoms with van der Waals surface area (Å²) in [5.41, 5.74) is -0.989. The molecule has 0 atom stereocenters. The van der Waals surface area contributed by atoms with Crippen molar-refractivity contribution in [3.63, 3.8) is 0 Å². The molecular weight excluding hydrogens is 411 g/mol. The summed E-state index contributed by atoms with van der Waals surface area (Å²) in [6, 6.07) is 8.16. The van der Waals surface area contributed by atoms with Gasteiger partial charge in [0.15, 0.2) is 6.39 Å². The van der Waals surface area contributed by atoms with Crippen molar-refractivity contribution < 1.29 is 30.8 Å². The molecule has 0 saturated heterocycles. The number of nitrogens with one attached hydrogen (secondary N) is 2. The van der Waals surface area contributed by atoms with Crippen molar-refractivity contribution in [2.75, 3.05) is 5.32 Å². The first-order chi connectivity index (χ1) is 13.7. The Balaban J connectivity index is 1.75. The lowest BCUT2D eigenvalue weighted by molar-refractivity contribution is -0.139. The SMILES string of the molecule is O=C(NCc1cnco1)Nc1ccc(S(=O)(=O)c2ccccc2C(F)(F)F)cc1. The highest BCUT2D eigenvalue weighted by Gasteiger charge is 2.37. The quantitative estimate of drug-likeness (QED) is 0.647. The molecular formula is C18H14F3N3O4S. The zero-order chi connectivity index (χ0) is 21.1. The largest absolute Gasteiger partial charge is 0.447 e. The van der Waals surface area contributed by atoms with E-state index in [0.29, 0.717) is 11.8 Å². The molecule has 0 fully saturated rings. The number of anilines is 1. The van der Waals surface area contributed by atoms with E-state index >= 15 is 0 Å². The maximum atomic E-state index is 13.1. The molecule has 0 unspecified atom stereocenters. The van der Waals surface area contributed by atoms with Crippen molar-refractivity contribution in [1.29, 1.82) is 0 Å². The lowest BCUT2D eigenvalue weighted by Gasteiger charge is -2.13. The van der Waals surface area contributed by atoms with Crippen molar-refractivity contribution in [1.82, 2.24) is 10.3 Å². The van der Waals surface area contributed by atoms with Crippen LogP contribution in [0.15, 0.2) is 75.3 Å². The van der Waals surface area contributed by atoms with Crippen molar-refractivity contribution in [2.45, 2.75) is 22.5 Å². The highest BCUT2D eigenvalue weighted by molar-refractivity contribution is 7.91. The number of benzene rings is 2. The van der Waals surface area contributed by atoms with E-state index in [0.717, 1.165) is 24.3 Å². The number of alkyl halides is 3. The number of carbonyl (C=O) groups excluding carboxylic acids is 1. The number of aromatic nitrogens is 1. The predicted octanol–water partition coefficient (Wildman–Crippen LogP) is 3.85. The van der Waals surface area contributed by atoms with Gasteiger partial charge in [-0.25, -0.2) is 18.2 Å². The van der Waals surface area contributed by atoms with Gasteiger partial charge in [-0.2, -0.15) is 13.2 Å². The number of hydrogen-bond donors (Lipinski definition) is 2. The normalized spacial score (nSPS) is 11.8. The zero-order valence-electron chi connectivity index (χ0n) is 14.6. The monoisotopic (exact) mass is 425 g/mol. The number of sulfone groups is 1. The van der Waals surface area contributed by atoms with Crippen LogP contribution in [0.25, 0.3) is 0 Å². The second kappa shape index (κ2) is 7.95. The van der Waals surface area contributed by atoms with E-state index in [4.69, 9.17) is 4.42 Å². The first-order valence-corrected chi connectivity index (χ1v) is 9.60. The van der Waals surface area contributed by atoms with Gasteiger partial charge >= 0.3 is 12.2 Å². The average Bonchev–Trinajstić information content (AvgIpc) is 3.20. The Bertz CT molecular complexity index is 1100. The third-order valence-corrected chi connectivity index (χ3v) is 5.64. The Morgan fingerprint density at radius 2 is 1.76 bits per heavy atom. The van der Waals surface area contributed by atoms with Crippen LogP contribution in [0.3, 0.4) is 0 Å². The van der Waals surface area contributed by atoms with Crippen LogP contribution in [0.2, 0.25) is 0 Å². The number of rotatable bonds is 5. The molecule has 11 heteroatoms. The average molecular weight is 425 g/mol. The van der Waals surface area contributed by atoms with Gasteiger partial charge in [-0.15, -0.1) is 0 Å².